The van der Waals surface area contributed by atoms with Gasteiger partial charge in [0.05, 0.1) is 10.7 Å². The molecular formula is C16H10ClNO4. The van der Waals surface area contributed by atoms with Gasteiger partial charge in [0, 0.05) is 11.1 Å². The Balaban J connectivity index is 1.90. The van der Waals surface area contributed by atoms with E-state index in [-0.39, 0.29) is 6.79 Å². The average molecular weight is 316 g/mol. The zero-order valence-electron chi connectivity index (χ0n) is 11.3. The first-order chi connectivity index (χ1) is 10.7. The second kappa shape index (κ2) is 4.96. The van der Waals surface area contributed by atoms with Crippen molar-refractivity contribution >= 4 is 11.6 Å². The van der Waals surface area contributed by atoms with E-state index >= 15 is 0 Å². The number of rotatable bonds is 2. The van der Waals surface area contributed by atoms with Crippen LogP contribution in [0.3, 0.4) is 0 Å². The SMILES string of the molecule is O=c1[nH]c(-c2ccc3c(c2)OCO3)c(-c2ccccc2Cl)o1. The first kappa shape index (κ1) is 13.0. The molecule has 1 aromatic heterocycles. The van der Waals surface area contributed by atoms with Crippen molar-refractivity contribution in [3.05, 3.63) is 58.0 Å². The first-order valence-electron chi connectivity index (χ1n) is 6.60. The van der Waals surface area contributed by atoms with E-state index < -0.39 is 5.76 Å². The summed E-state index contributed by atoms with van der Waals surface area (Å²) in [6.07, 6.45) is 0. The lowest BCUT2D eigenvalue weighted by Gasteiger charge is -2.05. The lowest BCUT2D eigenvalue weighted by molar-refractivity contribution is 0.174. The molecule has 1 N–H and O–H groups in total. The lowest BCUT2D eigenvalue weighted by Crippen LogP contribution is -1.94. The Labute approximate surface area is 130 Å². The molecule has 6 heteroatoms. The second-order valence-electron chi connectivity index (χ2n) is 4.77. The Morgan fingerprint density at radius 3 is 2.73 bits per heavy atom. The topological polar surface area (TPSA) is 64.5 Å². The Bertz CT molecular complexity index is 913. The van der Waals surface area contributed by atoms with Crippen LogP contribution in [0.15, 0.2) is 51.7 Å². The molecule has 0 aliphatic carbocycles. The number of nitrogens with one attached hydrogen (secondary N) is 1. The maximum atomic E-state index is 11.7. The van der Waals surface area contributed by atoms with Gasteiger partial charge in [-0.1, -0.05) is 23.7 Å². The van der Waals surface area contributed by atoms with Crippen molar-refractivity contribution in [2.45, 2.75) is 0 Å². The van der Waals surface area contributed by atoms with Crippen molar-refractivity contribution in [3.8, 4) is 34.1 Å². The van der Waals surface area contributed by atoms with Gasteiger partial charge in [0.1, 0.15) is 0 Å². The Kier molecular flexibility index (Phi) is 2.94. The van der Waals surface area contributed by atoms with Gasteiger partial charge in [-0.2, -0.15) is 0 Å². The van der Waals surface area contributed by atoms with Crippen LogP contribution in [-0.2, 0) is 0 Å². The molecule has 0 saturated carbocycles. The molecule has 0 radical (unpaired) electrons. The van der Waals surface area contributed by atoms with Crippen LogP contribution in [0.5, 0.6) is 11.5 Å². The maximum Gasteiger partial charge on any atom is 0.417 e. The van der Waals surface area contributed by atoms with Gasteiger partial charge in [-0.15, -0.1) is 0 Å². The van der Waals surface area contributed by atoms with E-state index in [9.17, 15) is 4.79 Å². The molecule has 2 aromatic carbocycles. The van der Waals surface area contributed by atoms with Crippen LogP contribution in [0, 0.1) is 0 Å². The van der Waals surface area contributed by atoms with E-state index in [1.165, 1.54) is 0 Å². The van der Waals surface area contributed by atoms with E-state index in [4.69, 9.17) is 25.5 Å². The molecule has 110 valence electrons. The molecule has 0 saturated heterocycles. The number of halogens is 1. The van der Waals surface area contributed by atoms with Crippen LogP contribution in [0.1, 0.15) is 0 Å². The number of hydrogen-bond acceptors (Lipinski definition) is 4. The highest BCUT2D eigenvalue weighted by Crippen LogP contribution is 2.39. The summed E-state index contributed by atoms with van der Waals surface area (Å²) in [6, 6.07) is 12.6. The van der Waals surface area contributed by atoms with Crippen LogP contribution in [0.25, 0.3) is 22.6 Å². The monoisotopic (exact) mass is 315 g/mol. The average Bonchev–Trinajstić information content (AvgIpc) is 3.13. The standard InChI is InChI=1S/C16H10ClNO4/c17-11-4-2-1-3-10(11)15-14(18-16(19)22-15)9-5-6-12-13(7-9)21-8-20-12/h1-7H,8H2,(H,18,19). The summed E-state index contributed by atoms with van der Waals surface area (Å²) in [5.41, 5.74) is 1.96. The summed E-state index contributed by atoms with van der Waals surface area (Å²) in [5.74, 6) is 1.16. The highest BCUT2D eigenvalue weighted by atomic mass is 35.5. The molecule has 3 aromatic rings. The molecule has 0 fully saturated rings. The fourth-order valence-corrected chi connectivity index (χ4v) is 2.64. The molecule has 0 spiro atoms. The third-order valence-electron chi connectivity index (χ3n) is 3.43. The summed E-state index contributed by atoms with van der Waals surface area (Å²) in [5, 5.41) is 0.507. The van der Waals surface area contributed by atoms with Crippen molar-refractivity contribution in [2.75, 3.05) is 6.79 Å². The second-order valence-corrected chi connectivity index (χ2v) is 5.17. The summed E-state index contributed by atoms with van der Waals surface area (Å²) >= 11 is 6.20. The smallest absolute Gasteiger partial charge is 0.417 e. The minimum Gasteiger partial charge on any atom is -0.454 e. The predicted octanol–water partition coefficient (Wildman–Crippen LogP) is 3.68. The van der Waals surface area contributed by atoms with E-state index in [1.54, 1.807) is 24.3 Å². The molecule has 0 amide bonds. The minimum atomic E-state index is -0.539. The fraction of sp³-hybridized carbons (Fsp3) is 0.0625. The van der Waals surface area contributed by atoms with Crippen molar-refractivity contribution in [1.82, 2.24) is 4.98 Å². The van der Waals surface area contributed by atoms with Crippen molar-refractivity contribution < 1.29 is 13.9 Å². The Hall–Kier alpha value is -2.66. The number of ether oxygens (including phenoxy) is 2. The molecule has 0 atom stereocenters. The predicted molar refractivity (Wildman–Crippen MR) is 81.3 cm³/mol. The Morgan fingerprint density at radius 1 is 1.05 bits per heavy atom. The largest absolute Gasteiger partial charge is 0.454 e. The highest BCUT2D eigenvalue weighted by Gasteiger charge is 2.20. The quantitative estimate of drug-likeness (QED) is 0.783. The van der Waals surface area contributed by atoms with Gasteiger partial charge in [0.15, 0.2) is 17.3 Å². The molecule has 2 heterocycles. The summed E-state index contributed by atoms with van der Waals surface area (Å²) in [4.78, 5) is 14.4. The van der Waals surface area contributed by atoms with Gasteiger partial charge in [0.2, 0.25) is 6.79 Å². The number of aromatic nitrogens is 1. The van der Waals surface area contributed by atoms with Gasteiger partial charge in [-0.25, -0.2) is 4.79 Å². The highest BCUT2D eigenvalue weighted by molar-refractivity contribution is 6.33. The van der Waals surface area contributed by atoms with Crippen LogP contribution in [0.2, 0.25) is 5.02 Å². The van der Waals surface area contributed by atoms with Gasteiger partial charge in [0.25, 0.3) is 0 Å². The van der Waals surface area contributed by atoms with Gasteiger partial charge >= 0.3 is 5.76 Å². The number of H-pyrrole nitrogens is 1. The van der Waals surface area contributed by atoms with E-state index in [0.717, 1.165) is 5.56 Å². The van der Waals surface area contributed by atoms with Gasteiger partial charge < -0.3 is 13.9 Å². The molecule has 4 rings (SSSR count). The third kappa shape index (κ3) is 2.07. The molecule has 5 nitrogen and oxygen atoms in total. The normalized spacial score (nSPS) is 12.6. The first-order valence-corrected chi connectivity index (χ1v) is 6.98. The number of aromatic amines is 1. The van der Waals surface area contributed by atoms with Gasteiger partial charge in [-0.05, 0) is 30.3 Å². The number of oxazole rings is 1. The molecule has 22 heavy (non-hydrogen) atoms. The number of fused-ring (bicyclic) bond motifs is 1. The molecular weight excluding hydrogens is 306 g/mol. The zero-order chi connectivity index (χ0) is 15.1. The fourth-order valence-electron chi connectivity index (χ4n) is 2.42. The number of benzene rings is 2. The van der Waals surface area contributed by atoms with Crippen molar-refractivity contribution in [3.63, 3.8) is 0 Å². The van der Waals surface area contributed by atoms with Crippen molar-refractivity contribution in [1.29, 1.82) is 0 Å². The van der Waals surface area contributed by atoms with E-state index in [0.29, 0.717) is 33.5 Å². The maximum absolute atomic E-state index is 11.7. The zero-order valence-corrected chi connectivity index (χ0v) is 12.0. The minimum absolute atomic E-state index is 0.193. The Morgan fingerprint density at radius 2 is 1.86 bits per heavy atom. The third-order valence-corrected chi connectivity index (χ3v) is 3.76. The van der Waals surface area contributed by atoms with E-state index in [2.05, 4.69) is 4.98 Å². The molecule has 1 aliphatic heterocycles. The molecule has 0 unspecified atom stereocenters. The van der Waals surface area contributed by atoms with Gasteiger partial charge in [-0.3, -0.25) is 4.98 Å². The summed E-state index contributed by atoms with van der Waals surface area (Å²) < 4.78 is 15.9. The van der Waals surface area contributed by atoms with Crippen LogP contribution in [-0.4, -0.2) is 11.8 Å². The molecule has 0 bridgehead atoms. The van der Waals surface area contributed by atoms with Crippen molar-refractivity contribution in [2.24, 2.45) is 0 Å². The van der Waals surface area contributed by atoms with Crippen LogP contribution >= 0.6 is 11.6 Å². The van der Waals surface area contributed by atoms with E-state index in [1.807, 2.05) is 18.2 Å². The van der Waals surface area contributed by atoms with Crippen LogP contribution in [0.4, 0.5) is 0 Å². The van der Waals surface area contributed by atoms with Crippen LogP contribution < -0.4 is 15.2 Å². The lowest BCUT2D eigenvalue weighted by atomic mass is 10.1. The molecule has 1 aliphatic rings. The summed E-state index contributed by atoms with van der Waals surface area (Å²) in [6.45, 7) is 0.193. The number of hydrogen-bond donors (Lipinski definition) is 1. The summed E-state index contributed by atoms with van der Waals surface area (Å²) in [7, 11) is 0.